The van der Waals surface area contributed by atoms with Crippen molar-refractivity contribution in [2.24, 2.45) is 0 Å². The van der Waals surface area contributed by atoms with E-state index >= 15 is 0 Å². The van der Waals surface area contributed by atoms with Gasteiger partial charge in [-0.1, -0.05) is 22.5 Å². The topological polar surface area (TPSA) is 68.1 Å². The van der Waals surface area contributed by atoms with Crippen LogP contribution in [0.25, 0.3) is 0 Å². The molecular formula is C8H8BrN3O2. The fraction of sp³-hybridized carbons (Fsp3) is 0.125. The SMILES string of the molecule is C=C(Br)CNc1ccc([N+](=O)[O-])cn1. The first-order valence-corrected chi connectivity index (χ1v) is 4.56. The highest BCUT2D eigenvalue weighted by atomic mass is 79.9. The number of nitro groups is 1. The lowest BCUT2D eigenvalue weighted by molar-refractivity contribution is -0.385. The van der Waals surface area contributed by atoms with Gasteiger partial charge in [-0.05, 0) is 6.07 Å². The summed E-state index contributed by atoms with van der Waals surface area (Å²) in [6.45, 7) is 4.17. The number of aromatic nitrogens is 1. The molecule has 0 radical (unpaired) electrons. The Labute approximate surface area is 89.1 Å². The van der Waals surface area contributed by atoms with Crippen LogP contribution >= 0.6 is 15.9 Å². The average molecular weight is 258 g/mol. The molecule has 0 bridgehead atoms. The summed E-state index contributed by atoms with van der Waals surface area (Å²) in [5.41, 5.74) is -0.0202. The summed E-state index contributed by atoms with van der Waals surface area (Å²) in [6.07, 6.45) is 1.21. The van der Waals surface area contributed by atoms with Gasteiger partial charge in [0.25, 0.3) is 5.69 Å². The van der Waals surface area contributed by atoms with Crippen LogP contribution in [0.5, 0.6) is 0 Å². The molecule has 1 aromatic rings. The first kappa shape index (κ1) is 10.6. The second-order valence-corrected chi connectivity index (χ2v) is 3.65. The third-order valence-electron chi connectivity index (χ3n) is 1.42. The molecular weight excluding hydrogens is 250 g/mol. The molecule has 0 aliphatic rings. The molecule has 0 atom stereocenters. The monoisotopic (exact) mass is 257 g/mol. The molecule has 0 aromatic carbocycles. The number of nitrogens with one attached hydrogen (secondary N) is 1. The van der Waals surface area contributed by atoms with Crippen LogP contribution in [0.3, 0.4) is 0 Å². The van der Waals surface area contributed by atoms with Crippen LogP contribution in [0.2, 0.25) is 0 Å². The van der Waals surface area contributed by atoms with E-state index < -0.39 is 4.92 Å². The summed E-state index contributed by atoms with van der Waals surface area (Å²) in [4.78, 5) is 13.7. The zero-order valence-corrected chi connectivity index (χ0v) is 8.82. The Kier molecular flexibility index (Phi) is 3.58. The van der Waals surface area contributed by atoms with Gasteiger partial charge < -0.3 is 5.32 Å². The number of halogens is 1. The van der Waals surface area contributed by atoms with Gasteiger partial charge in [0.15, 0.2) is 0 Å². The third kappa shape index (κ3) is 3.14. The maximum absolute atomic E-state index is 10.3. The van der Waals surface area contributed by atoms with E-state index in [0.29, 0.717) is 12.4 Å². The summed E-state index contributed by atoms with van der Waals surface area (Å²) in [6, 6.07) is 2.94. The van der Waals surface area contributed by atoms with Crippen molar-refractivity contribution in [3.05, 3.63) is 39.5 Å². The minimum Gasteiger partial charge on any atom is -0.365 e. The first-order chi connectivity index (χ1) is 6.59. The molecule has 1 aromatic heterocycles. The lowest BCUT2D eigenvalue weighted by atomic mass is 10.4. The van der Waals surface area contributed by atoms with Crippen LogP contribution in [0.15, 0.2) is 29.4 Å². The van der Waals surface area contributed by atoms with Crippen molar-refractivity contribution < 1.29 is 4.92 Å². The molecule has 0 saturated carbocycles. The Balaban J connectivity index is 2.64. The molecule has 1 rings (SSSR count). The van der Waals surface area contributed by atoms with Crippen LogP contribution in [0.1, 0.15) is 0 Å². The lowest BCUT2D eigenvalue weighted by Crippen LogP contribution is -2.02. The fourth-order valence-corrected chi connectivity index (χ4v) is 0.925. The second kappa shape index (κ2) is 4.71. The van der Waals surface area contributed by atoms with Crippen LogP contribution in [0.4, 0.5) is 11.5 Å². The number of nitrogens with zero attached hydrogens (tertiary/aromatic N) is 2. The number of hydrogen-bond acceptors (Lipinski definition) is 4. The Morgan fingerprint density at radius 2 is 2.43 bits per heavy atom. The Morgan fingerprint density at radius 1 is 1.71 bits per heavy atom. The highest BCUT2D eigenvalue weighted by Crippen LogP contribution is 2.12. The number of hydrogen-bond donors (Lipinski definition) is 1. The van der Waals surface area contributed by atoms with Crippen molar-refractivity contribution in [3.63, 3.8) is 0 Å². The molecule has 6 heteroatoms. The van der Waals surface area contributed by atoms with Gasteiger partial charge in [-0.15, -0.1) is 0 Å². The number of pyridine rings is 1. The largest absolute Gasteiger partial charge is 0.365 e. The smallest absolute Gasteiger partial charge is 0.287 e. The second-order valence-electron chi connectivity index (χ2n) is 2.53. The van der Waals surface area contributed by atoms with E-state index in [1.54, 1.807) is 6.07 Å². The fourth-order valence-electron chi connectivity index (χ4n) is 0.785. The van der Waals surface area contributed by atoms with Gasteiger partial charge in [0.05, 0.1) is 4.92 Å². The van der Waals surface area contributed by atoms with Crippen molar-refractivity contribution in [2.45, 2.75) is 0 Å². The van der Waals surface area contributed by atoms with Crippen LogP contribution in [-0.4, -0.2) is 16.5 Å². The van der Waals surface area contributed by atoms with Crippen molar-refractivity contribution >= 4 is 27.4 Å². The van der Waals surface area contributed by atoms with Gasteiger partial charge in [-0.3, -0.25) is 10.1 Å². The molecule has 74 valence electrons. The van der Waals surface area contributed by atoms with Crippen molar-refractivity contribution in [1.29, 1.82) is 0 Å². The maximum Gasteiger partial charge on any atom is 0.287 e. The van der Waals surface area contributed by atoms with E-state index in [0.717, 1.165) is 4.48 Å². The number of rotatable bonds is 4. The molecule has 0 unspecified atom stereocenters. The van der Waals surface area contributed by atoms with E-state index in [1.165, 1.54) is 12.3 Å². The first-order valence-electron chi connectivity index (χ1n) is 3.77. The van der Waals surface area contributed by atoms with Crippen LogP contribution < -0.4 is 5.32 Å². The molecule has 14 heavy (non-hydrogen) atoms. The molecule has 1 heterocycles. The van der Waals surface area contributed by atoms with Crippen LogP contribution in [-0.2, 0) is 0 Å². The number of anilines is 1. The standard InChI is InChI=1S/C8H8BrN3O2/c1-6(9)4-10-8-3-2-7(5-11-8)12(13)14/h2-3,5H,1,4H2,(H,10,11). The zero-order chi connectivity index (χ0) is 10.6. The normalized spacial score (nSPS) is 9.50. The molecule has 5 nitrogen and oxygen atoms in total. The highest BCUT2D eigenvalue weighted by Gasteiger charge is 2.04. The van der Waals surface area contributed by atoms with Gasteiger partial charge in [0.1, 0.15) is 12.0 Å². The van der Waals surface area contributed by atoms with E-state index in [9.17, 15) is 10.1 Å². The Bertz CT molecular complexity index is 350. The molecule has 0 fully saturated rings. The predicted molar refractivity (Wildman–Crippen MR) is 57.4 cm³/mol. The minimum atomic E-state index is -0.486. The lowest BCUT2D eigenvalue weighted by Gasteiger charge is -2.02. The molecule has 0 spiro atoms. The summed E-state index contributed by atoms with van der Waals surface area (Å²) in [5, 5.41) is 13.2. The van der Waals surface area contributed by atoms with Crippen molar-refractivity contribution in [3.8, 4) is 0 Å². The van der Waals surface area contributed by atoms with Crippen molar-refractivity contribution in [1.82, 2.24) is 4.98 Å². The van der Waals surface area contributed by atoms with Gasteiger partial charge >= 0.3 is 0 Å². The zero-order valence-electron chi connectivity index (χ0n) is 7.24. The summed E-state index contributed by atoms with van der Waals surface area (Å²) < 4.78 is 0.789. The molecule has 0 aliphatic heterocycles. The highest BCUT2D eigenvalue weighted by molar-refractivity contribution is 9.11. The molecule has 0 aliphatic carbocycles. The average Bonchev–Trinajstić information content (AvgIpc) is 2.15. The Morgan fingerprint density at radius 3 is 2.86 bits per heavy atom. The molecule has 1 N–H and O–H groups in total. The van der Waals surface area contributed by atoms with Crippen molar-refractivity contribution in [2.75, 3.05) is 11.9 Å². The van der Waals surface area contributed by atoms with E-state index in [-0.39, 0.29) is 5.69 Å². The van der Waals surface area contributed by atoms with Gasteiger partial charge in [-0.2, -0.15) is 0 Å². The molecule has 0 saturated heterocycles. The Hall–Kier alpha value is -1.43. The summed E-state index contributed by atoms with van der Waals surface area (Å²) >= 11 is 3.18. The van der Waals surface area contributed by atoms with E-state index in [4.69, 9.17) is 0 Å². The quantitative estimate of drug-likeness (QED) is 0.664. The van der Waals surface area contributed by atoms with E-state index in [1.807, 2.05) is 0 Å². The third-order valence-corrected chi connectivity index (χ3v) is 1.70. The summed E-state index contributed by atoms with van der Waals surface area (Å²) in [5.74, 6) is 0.580. The predicted octanol–water partition coefficient (Wildman–Crippen LogP) is 2.31. The van der Waals surface area contributed by atoms with Gasteiger partial charge in [0.2, 0.25) is 0 Å². The molecule has 0 amide bonds. The minimum absolute atomic E-state index is 0.0202. The van der Waals surface area contributed by atoms with E-state index in [2.05, 4.69) is 32.8 Å². The summed E-state index contributed by atoms with van der Waals surface area (Å²) in [7, 11) is 0. The van der Waals surface area contributed by atoms with Gasteiger partial charge in [-0.25, -0.2) is 4.98 Å². The maximum atomic E-state index is 10.3. The van der Waals surface area contributed by atoms with Gasteiger partial charge in [0, 0.05) is 17.1 Å². The van der Waals surface area contributed by atoms with Crippen LogP contribution in [0, 0.1) is 10.1 Å².